The van der Waals surface area contributed by atoms with Crippen molar-refractivity contribution in [1.29, 1.82) is 5.26 Å². The number of aromatic nitrogens is 1. The summed E-state index contributed by atoms with van der Waals surface area (Å²) in [6, 6.07) is 12.1. The Bertz CT molecular complexity index is 511. The molecule has 0 fully saturated rings. The van der Waals surface area contributed by atoms with E-state index in [0.29, 0.717) is 11.4 Å². The van der Waals surface area contributed by atoms with Crippen LogP contribution in [0.25, 0.3) is 11.3 Å². The average Bonchev–Trinajstić information content (AvgIpc) is 2.42. The van der Waals surface area contributed by atoms with Crippen LogP contribution < -0.4 is 5.32 Å². The van der Waals surface area contributed by atoms with Gasteiger partial charge in [-0.1, -0.05) is 24.3 Å². The van der Waals surface area contributed by atoms with E-state index in [1.807, 2.05) is 44.2 Å². The van der Waals surface area contributed by atoms with Gasteiger partial charge in [-0.25, -0.2) is 4.98 Å². The highest BCUT2D eigenvalue weighted by Gasteiger charge is 2.16. The fourth-order valence-corrected chi connectivity index (χ4v) is 1.64. The number of hydrogen-bond acceptors (Lipinski definition) is 3. The number of fused-ring (bicyclic) bond motifs is 1. The van der Waals surface area contributed by atoms with Crippen LogP contribution in [0.15, 0.2) is 30.3 Å². The van der Waals surface area contributed by atoms with Gasteiger partial charge in [0.2, 0.25) is 0 Å². The van der Waals surface area contributed by atoms with Gasteiger partial charge < -0.3 is 5.32 Å². The molecule has 0 unspecified atom stereocenters. The van der Waals surface area contributed by atoms with Gasteiger partial charge in [0, 0.05) is 11.6 Å². The molecule has 0 saturated carbocycles. The number of hydrogen-bond donors (Lipinski definition) is 1. The van der Waals surface area contributed by atoms with E-state index >= 15 is 0 Å². The molecule has 2 rings (SSSR count). The molecule has 1 aliphatic carbocycles. The smallest absolute Gasteiger partial charge is 0.145 e. The third-order valence-corrected chi connectivity index (χ3v) is 2.29. The highest BCUT2D eigenvalue weighted by atomic mass is 15.0. The maximum Gasteiger partial charge on any atom is 0.145 e. The van der Waals surface area contributed by atoms with Crippen LogP contribution >= 0.6 is 0 Å². The van der Waals surface area contributed by atoms with E-state index in [2.05, 4.69) is 16.4 Å². The molecule has 1 N–H and O–H groups in total. The van der Waals surface area contributed by atoms with Gasteiger partial charge in [0.1, 0.15) is 17.5 Å². The number of anilines is 1. The molecule has 0 bridgehead atoms. The molecule has 0 aromatic heterocycles. The Balaban J connectivity index is 2.59. The third kappa shape index (κ3) is 1.82. The lowest BCUT2D eigenvalue weighted by molar-refractivity contribution is 0.891. The summed E-state index contributed by atoms with van der Waals surface area (Å²) in [5.74, 6) is 0.679. The number of nitriles is 1. The second-order valence-electron chi connectivity index (χ2n) is 3.96. The van der Waals surface area contributed by atoms with Gasteiger partial charge in [0.25, 0.3) is 0 Å². The van der Waals surface area contributed by atoms with Gasteiger partial charge in [0.05, 0.1) is 5.69 Å². The van der Waals surface area contributed by atoms with Gasteiger partial charge in [-0.3, -0.25) is 0 Å². The number of rotatable bonds is 2. The zero-order valence-corrected chi connectivity index (χ0v) is 9.36. The molecule has 0 aromatic carbocycles. The lowest BCUT2D eigenvalue weighted by atomic mass is 10.1. The van der Waals surface area contributed by atoms with E-state index in [1.165, 1.54) is 0 Å². The topological polar surface area (TPSA) is 48.7 Å². The van der Waals surface area contributed by atoms with Crippen LogP contribution in [-0.2, 0) is 0 Å². The molecule has 0 atom stereocenters. The Morgan fingerprint density at radius 3 is 2.69 bits per heavy atom. The maximum absolute atomic E-state index is 9.17. The van der Waals surface area contributed by atoms with E-state index in [9.17, 15) is 0 Å². The van der Waals surface area contributed by atoms with E-state index in [0.717, 1.165) is 11.3 Å². The van der Waals surface area contributed by atoms with Crippen molar-refractivity contribution in [3.05, 3.63) is 35.9 Å². The molecule has 1 heterocycles. The molecule has 1 aliphatic heterocycles. The Labute approximate surface area is 95.1 Å². The van der Waals surface area contributed by atoms with Crippen molar-refractivity contribution in [2.45, 2.75) is 19.9 Å². The Kier molecular flexibility index (Phi) is 2.74. The van der Waals surface area contributed by atoms with Crippen LogP contribution in [0.4, 0.5) is 5.82 Å². The summed E-state index contributed by atoms with van der Waals surface area (Å²) >= 11 is 0. The monoisotopic (exact) mass is 211 g/mol. The SMILES string of the molecule is CC(C)Nc1nc2cccccc-2c1C#N. The largest absolute Gasteiger partial charge is 0.367 e. The minimum atomic E-state index is 0.269. The quantitative estimate of drug-likeness (QED) is 0.830. The summed E-state index contributed by atoms with van der Waals surface area (Å²) in [4.78, 5) is 4.43. The van der Waals surface area contributed by atoms with Crippen molar-refractivity contribution in [3.8, 4) is 17.3 Å². The lowest BCUT2D eigenvalue weighted by Crippen LogP contribution is -2.10. The Hall–Kier alpha value is -2.08. The van der Waals surface area contributed by atoms with Gasteiger partial charge in [-0.15, -0.1) is 0 Å². The van der Waals surface area contributed by atoms with Crippen LogP contribution in [0, 0.1) is 11.3 Å². The van der Waals surface area contributed by atoms with Crippen molar-refractivity contribution < 1.29 is 0 Å². The highest BCUT2D eigenvalue weighted by Crippen LogP contribution is 2.30. The average molecular weight is 211 g/mol. The predicted octanol–water partition coefficient (Wildman–Crippen LogP) is 2.88. The van der Waals surface area contributed by atoms with Gasteiger partial charge in [0.15, 0.2) is 0 Å². The van der Waals surface area contributed by atoms with E-state index in [1.54, 1.807) is 0 Å². The van der Waals surface area contributed by atoms with Crippen molar-refractivity contribution in [2.75, 3.05) is 5.32 Å². The summed E-state index contributed by atoms with van der Waals surface area (Å²) in [7, 11) is 0. The summed E-state index contributed by atoms with van der Waals surface area (Å²) < 4.78 is 0. The fraction of sp³-hybridized carbons (Fsp3) is 0.231. The molecule has 0 saturated heterocycles. The van der Waals surface area contributed by atoms with E-state index in [-0.39, 0.29) is 6.04 Å². The van der Waals surface area contributed by atoms with Gasteiger partial charge in [-0.2, -0.15) is 5.26 Å². The highest BCUT2D eigenvalue weighted by molar-refractivity contribution is 5.78. The van der Waals surface area contributed by atoms with Crippen LogP contribution in [0.1, 0.15) is 19.4 Å². The molecule has 80 valence electrons. The summed E-state index contributed by atoms with van der Waals surface area (Å²) in [5, 5.41) is 12.4. The van der Waals surface area contributed by atoms with Crippen molar-refractivity contribution in [3.63, 3.8) is 0 Å². The minimum absolute atomic E-state index is 0.269. The zero-order chi connectivity index (χ0) is 11.5. The Morgan fingerprint density at radius 2 is 2.00 bits per heavy atom. The molecule has 3 heteroatoms. The molecule has 3 nitrogen and oxygen atoms in total. The number of nitrogens with one attached hydrogen (secondary N) is 1. The first kappa shape index (κ1) is 10.4. The van der Waals surface area contributed by atoms with Crippen molar-refractivity contribution >= 4 is 5.82 Å². The first-order chi connectivity index (χ1) is 7.72. The van der Waals surface area contributed by atoms with E-state index < -0.39 is 0 Å². The second-order valence-corrected chi connectivity index (χ2v) is 3.96. The molecular formula is C13H13N3. The van der Waals surface area contributed by atoms with Crippen molar-refractivity contribution in [1.82, 2.24) is 4.98 Å². The molecule has 0 radical (unpaired) electrons. The van der Waals surface area contributed by atoms with Crippen molar-refractivity contribution in [2.24, 2.45) is 0 Å². The third-order valence-electron chi connectivity index (χ3n) is 2.29. The van der Waals surface area contributed by atoms with Crippen LogP contribution in [0.3, 0.4) is 0 Å². The lowest BCUT2D eigenvalue weighted by Gasteiger charge is -2.06. The van der Waals surface area contributed by atoms with E-state index in [4.69, 9.17) is 5.26 Å². The first-order valence-electron chi connectivity index (χ1n) is 5.27. The van der Waals surface area contributed by atoms with Gasteiger partial charge >= 0.3 is 0 Å². The summed E-state index contributed by atoms with van der Waals surface area (Å²) in [5.41, 5.74) is 2.38. The number of nitrogens with zero attached hydrogens (tertiary/aromatic N) is 2. The summed E-state index contributed by atoms with van der Waals surface area (Å²) in [6.07, 6.45) is 0. The minimum Gasteiger partial charge on any atom is -0.367 e. The first-order valence-corrected chi connectivity index (χ1v) is 5.27. The van der Waals surface area contributed by atoms with Gasteiger partial charge in [-0.05, 0) is 19.9 Å². The zero-order valence-electron chi connectivity index (χ0n) is 9.36. The fourth-order valence-electron chi connectivity index (χ4n) is 1.64. The standard InChI is InChI=1S/C13H13N3/c1-9(2)15-13-11(8-14)10-6-4-3-5-7-12(10)16-13/h3-7,9H,1-2H3,(H,15,16). The summed E-state index contributed by atoms with van der Waals surface area (Å²) in [6.45, 7) is 4.06. The predicted molar refractivity (Wildman–Crippen MR) is 64.3 cm³/mol. The van der Waals surface area contributed by atoms with Crippen LogP contribution in [0.2, 0.25) is 0 Å². The molecule has 16 heavy (non-hydrogen) atoms. The van der Waals surface area contributed by atoms with Crippen LogP contribution in [0.5, 0.6) is 0 Å². The normalized spacial score (nSPS) is 10.4. The molecule has 2 aliphatic rings. The second kappa shape index (κ2) is 4.19. The maximum atomic E-state index is 9.17. The molecular weight excluding hydrogens is 198 g/mol. The Morgan fingerprint density at radius 1 is 1.25 bits per heavy atom. The molecule has 0 spiro atoms. The molecule has 0 aromatic rings. The molecule has 0 amide bonds. The van der Waals surface area contributed by atoms with Crippen LogP contribution in [-0.4, -0.2) is 11.0 Å².